The van der Waals surface area contributed by atoms with Crippen molar-refractivity contribution in [3.8, 4) is 16.9 Å². The lowest BCUT2D eigenvalue weighted by Gasteiger charge is -2.24. The lowest BCUT2D eigenvalue weighted by atomic mass is 9.87. The van der Waals surface area contributed by atoms with Crippen molar-refractivity contribution in [2.24, 2.45) is 0 Å². The molecule has 0 aliphatic heterocycles. The van der Waals surface area contributed by atoms with E-state index in [1.54, 1.807) is 25.1 Å². The number of alkyl halides is 3. The van der Waals surface area contributed by atoms with E-state index in [1.165, 1.54) is 24.3 Å². The minimum Gasteiger partial charge on any atom is -0.474 e. The fourth-order valence-electron chi connectivity index (χ4n) is 4.23. The van der Waals surface area contributed by atoms with Gasteiger partial charge in [0.1, 0.15) is 5.75 Å². The number of halogens is 3. The minimum absolute atomic E-state index is 0.000699. The number of amides is 1. The highest BCUT2D eigenvalue weighted by molar-refractivity contribution is 6.37. The molecule has 0 aromatic heterocycles. The molecule has 218 valence electrons. The van der Waals surface area contributed by atoms with Gasteiger partial charge in [0.2, 0.25) is 0 Å². The summed E-state index contributed by atoms with van der Waals surface area (Å²) in [4.78, 5) is 37.8. The van der Waals surface area contributed by atoms with Crippen LogP contribution in [0.5, 0.6) is 5.75 Å². The Kier molecular flexibility index (Phi) is 9.80. The summed E-state index contributed by atoms with van der Waals surface area (Å²) in [5, 5.41) is 9.54. The molecular weight excluding hydrogens is 539 g/mol. The maximum absolute atomic E-state index is 12.8. The van der Waals surface area contributed by atoms with E-state index in [0.29, 0.717) is 22.3 Å². The van der Waals surface area contributed by atoms with Gasteiger partial charge in [-0.05, 0) is 70.8 Å². The summed E-state index contributed by atoms with van der Waals surface area (Å²) in [5.74, 6) is -3.60. The Morgan fingerprint density at radius 1 is 0.902 bits per heavy atom. The summed E-state index contributed by atoms with van der Waals surface area (Å²) in [7, 11) is 0. The minimum atomic E-state index is -4.83. The molecule has 1 N–H and O–H groups in total. The molecule has 0 aliphatic carbocycles. The zero-order valence-electron chi connectivity index (χ0n) is 23.2. The van der Waals surface area contributed by atoms with E-state index in [-0.39, 0.29) is 42.8 Å². The van der Waals surface area contributed by atoms with E-state index in [2.05, 4.69) is 25.5 Å². The Balaban J connectivity index is 2.01. The standard InChI is InChI=1S/C31H32F3NO6/c1-5-40-27(36)17-10-22-18-24(13-16-26(22)21-8-14-25(15-9-21)41-31(32,33)34)35(28(37)29(38)39)19-20-6-11-23(12-7-20)30(2,3)4/h6-9,11-16,18H,5,10,17,19H2,1-4H3,(H,38,39). The molecule has 3 rings (SSSR count). The van der Waals surface area contributed by atoms with E-state index < -0.39 is 24.2 Å². The van der Waals surface area contributed by atoms with Gasteiger partial charge >= 0.3 is 24.2 Å². The predicted molar refractivity (Wildman–Crippen MR) is 147 cm³/mol. The number of carboxylic acid groups (broad SMARTS) is 1. The molecule has 0 saturated carbocycles. The van der Waals surface area contributed by atoms with Gasteiger partial charge in [-0.25, -0.2) is 4.79 Å². The Morgan fingerprint density at radius 2 is 1.54 bits per heavy atom. The number of ether oxygens (including phenoxy) is 2. The van der Waals surface area contributed by atoms with Crippen LogP contribution in [0, 0.1) is 0 Å². The molecule has 0 radical (unpaired) electrons. The summed E-state index contributed by atoms with van der Waals surface area (Å²) in [5.41, 5.74) is 3.70. The molecule has 0 unspecified atom stereocenters. The van der Waals surface area contributed by atoms with Crippen LogP contribution in [-0.2, 0) is 37.5 Å². The molecule has 0 heterocycles. The van der Waals surface area contributed by atoms with Crippen LogP contribution < -0.4 is 9.64 Å². The largest absolute Gasteiger partial charge is 0.573 e. The topological polar surface area (TPSA) is 93.1 Å². The van der Waals surface area contributed by atoms with Crippen LogP contribution >= 0.6 is 0 Å². The van der Waals surface area contributed by atoms with Crippen molar-refractivity contribution in [1.82, 2.24) is 0 Å². The van der Waals surface area contributed by atoms with Gasteiger partial charge in [0, 0.05) is 12.1 Å². The summed E-state index contributed by atoms with van der Waals surface area (Å²) in [6.07, 6.45) is -4.65. The molecule has 41 heavy (non-hydrogen) atoms. The fraction of sp³-hybridized carbons (Fsp3) is 0.323. The molecule has 0 aliphatic rings. The van der Waals surface area contributed by atoms with Crippen LogP contribution in [0.1, 0.15) is 50.8 Å². The van der Waals surface area contributed by atoms with Gasteiger partial charge in [-0.2, -0.15) is 0 Å². The normalized spacial score (nSPS) is 11.6. The number of nitrogens with zero attached hydrogens (tertiary/aromatic N) is 1. The SMILES string of the molecule is CCOC(=O)CCc1cc(N(Cc2ccc(C(C)(C)C)cc2)C(=O)C(=O)O)ccc1-c1ccc(OC(F)(F)F)cc1. The third-order valence-corrected chi connectivity index (χ3v) is 6.29. The second kappa shape index (κ2) is 12.9. The van der Waals surface area contributed by atoms with E-state index >= 15 is 0 Å². The first-order chi connectivity index (χ1) is 19.2. The van der Waals surface area contributed by atoms with Crippen molar-refractivity contribution >= 4 is 23.5 Å². The molecule has 3 aromatic carbocycles. The molecule has 10 heteroatoms. The van der Waals surface area contributed by atoms with Crippen molar-refractivity contribution in [3.63, 3.8) is 0 Å². The van der Waals surface area contributed by atoms with Gasteiger partial charge < -0.3 is 14.6 Å². The lowest BCUT2D eigenvalue weighted by Crippen LogP contribution is -2.36. The molecule has 0 fully saturated rings. The molecule has 0 atom stereocenters. The summed E-state index contributed by atoms with van der Waals surface area (Å²) in [6.45, 7) is 8.06. The number of esters is 1. The average Bonchev–Trinajstić information content (AvgIpc) is 2.89. The number of benzene rings is 3. The van der Waals surface area contributed by atoms with Gasteiger partial charge in [0.15, 0.2) is 0 Å². The van der Waals surface area contributed by atoms with Gasteiger partial charge in [-0.3, -0.25) is 14.5 Å². The van der Waals surface area contributed by atoms with Gasteiger partial charge in [-0.1, -0.05) is 63.2 Å². The number of hydrogen-bond acceptors (Lipinski definition) is 5. The van der Waals surface area contributed by atoms with Gasteiger partial charge in [0.05, 0.1) is 13.2 Å². The first kappa shape index (κ1) is 31.2. The maximum atomic E-state index is 12.8. The number of hydrogen-bond donors (Lipinski definition) is 1. The van der Waals surface area contributed by atoms with Crippen LogP contribution in [0.2, 0.25) is 0 Å². The summed E-state index contributed by atoms with van der Waals surface area (Å²) >= 11 is 0. The zero-order chi connectivity index (χ0) is 30.4. The average molecular weight is 572 g/mol. The van der Waals surface area contributed by atoms with E-state index in [4.69, 9.17) is 4.74 Å². The zero-order valence-corrected chi connectivity index (χ0v) is 23.2. The number of carbonyl (C=O) groups is 3. The van der Waals surface area contributed by atoms with Crippen LogP contribution in [0.3, 0.4) is 0 Å². The molecule has 3 aromatic rings. The second-order valence-electron chi connectivity index (χ2n) is 10.4. The Bertz CT molecular complexity index is 1380. The number of anilines is 1. The number of rotatable bonds is 9. The highest BCUT2D eigenvalue weighted by Crippen LogP contribution is 2.32. The lowest BCUT2D eigenvalue weighted by molar-refractivity contribution is -0.274. The smallest absolute Gasteiger partial charge is 0.474 e. The van der Waals surface area contributed by atoms with Gasteiger partial charge in [0.25, 0.3) is 0 Å². The van der Waals surface area contributed by atoms with E-state index in [0.717, 1.165) is 10.5 Å². The van der Waals surface area contributed by atoms with Crippen LogP contribution in [0.15, 0.2) is 66.7 Å². The second-order valence-corrected chi connectivity index (χ2v) is 10.4. The third kappa shape index (κ3) is 8.83. The number of aryl methyl sites for hydroxylation is 1. The van der Waals surface area contributed by atoms with Crippen LogP contribution in [0.4, 0.5) is 18.9 Å². The Labute approximate surface area is 236 Å². The molecule has 1 amide bonds. The highest BCUT2D eigenvalue weighted by atomic mass is 19.4. The quantitative estimate of drug-likeness (QED) is 0.228. The predicted octanol–water partition coefficient (Wildman–Crippen LogP) is 6.66. The number of carboxylic acids is 1. The van der Waals surface area contributed by atoms with E-state index in [1.807, 2.05) is 24.3 Å². The highest BCUT2D eigenvalue weighted by Gasteiger charge is 2.31. The van der Waals surface area contributed by atoms with Crippen LogP contribution in [-0.4, -0.2) is 35.9 Å². The Hall–Kier alpha value is -4.34. The van der Waals surface area contributed by atoms with Crippen molar-refractivity contribution in [1.29, 1.82) is 0 Å². The molecule has 0 saturated heterocycles. The summed E-state index contributed by atoms with van der Waals surface area (Å²) < 4.78 is 46.8. The molecular formula is C31H32F3NO6. The van der Waals surface area contributed by atoms with Crippen molar-refractivity contribution in [2.45, 2.75) is 58.9 Å². The third-order valence-electron chi connectivity index (χ3n) is 6.29. The maximum Gasteiger partial charge on any atom is 0.573 e. The fourth-order valence-corrected chi connectivity index (χ4v) is 4.23. The first-order valence-corrected chi connectivity index (χ1v) is 13.0. The van der Waals surface area contributed by atoms with E-state index in [9.17, 15) is 32.7 Å². The number of aliphatic carboxylic acids is 1. The molecule has 0 spiro atoms. The van der Waals surface area contributed by atoms with Crippen LogP contribution in [0.25, 0.3) is 11.1 Å². The Morgan fingerprint density at radius 3 is 2.07 bits per heavy atom. The summed E-state index contributed by atoms with van der Waals surface area (Å²) in [6, 6.07) is 17.6. The van der Waals surface area contributed by atoms with Crippen molar-refractivity contribution < 1.29 is 42.1 Å². The molecule has 7 nitrogen and oxygen atoms in total. The van der Waals surface area contributed by atoms with Crippen molar-refractivity contribution in [3.05, 3.63) is 83.4 Å². The first-order valence-electron chi connectivity index (χ1n) is 13.0. The van der Waals surface area contributed by atoms with Crippen molar-refractivity contribution in [2.75, 3.05) is 11.5 Å². The molecule has 0 bridgehead atoms. The monoisotopic (exact) mass is 571 g/mol. The number of carbonyl (C=O) groups excluding carboxylic acids is 2. The van der Waals surface area contributed by atoms with Gasteiger partial charge in [-0.15, -0.1) is 13.2 Å².